The van der Waals surface area contributed by atoms with Crippen molar-refractivity contribution in [2.45, 2.75) is 61.5 Å². The molecule has 9 heteroatoms. The number of rotatable bonds is 9. The number of benzene rings is 1. The smallest absolute Gasteiger partial charge is 0.226 e. The molecule has 4 aliphatic carbocycles. The second-order valence-electron chi connectivity index (χ2n) is 9.89. The average Bonchev–Trinajstić information content (AvgIpc) is 3.22. The van der Waals surface area contributed by atoms with E-state index < -0.39 is 0 Å². The molecular formula is C24H29FN4O2S2. The van der Waals surface area contributed by atoms with E-state index in [-0.39, 0.29) is 23.0 Å². The molecule has 2 N–H and O–H groups in total. The number of thioether (sulfide) groups is 1. The Bertz CT molecular complexity index is 975. The quantitative estimate of drug-likeness (QED) is 0.294. The van der Waals surface area contributed by atoms with E-state index >= 15 is 0 Å². The van der Waals surface area contributed by atoms with E-state index in [1.165, 1.54) is 54.5 Å². The van der Waals surface area contributed by atoms with E-state index in [0.29, 0.717) is 30.3 Å². The maximum Gasteiger partial charge on any atom is 0.226 e. The van der Waals surface area contributed by atoms with Gasteiger partial charge in [0.15, 0.2) is 4.34 Å². The van der Waals surface area contributed by atoms with Gasteiger partial charge in [0.2, 0.25) is 16.9 Å². The van der Waals surface area contributed by atoms with E-state index in [1.54, 1.807) is 12.1 Å². The number of nitrogens with zero attached hydrogens (tertiary/aromatic N) is 2. The largest absolute Gasteiger partial charge is 0.356 e. The summed E-state index contributed by atoms with van der Waals surface area (Å²) in [5, 5.41) is 14.5. The molecule has 0 unspecified atom stereocenters. The zero-order valence-electron chi connectivity index (χ0n) is 18.5. The highest BCUT2D eigenvalue weighted by atomic mass is 32.2. The molecule has 4 bridgehead atoms. The van der Waals surface area contributed by atoms with Crippen molar-refractivity contribution < 1.29 is 14.0 Å². The fraction of sp³-hybridized carbons (Fsp3) is 0.583. The highest BCUT2D eigenvalue weighted by Gasteiger charge is 2.54. The summed E-state index contributed by atoms with van der Waals surface area (Å²) in [4.78, 5) is 25.2. The standard InChI is InChI=1S/C24H29FN4O2S2/c25-19-5-3-15(4-6-19)14-32-23-29-28-22(33-23)27-20(30)2-1-7-26-21(31)24-11-16-8-17(12-24)10-18(9-16)13-24/h3-6,16-18H,1-2,7-14H2,(H,26,31)(H,27,28,30). The Morgan fingerprint density at radius 2 is 1.73 bits per heavy atom. The molecule has 176 valence electrons. The van der Waals surface area contributed by atoms with Gasteiger partial charge in [-0.3, -0.25) is 9.59 Å². The molecule has 6 nitrogen and oxygen atoms in total. The predicted octanol–water partition coefficient (Wildman–Crippen LogP) is 5.02. The fourth-order valence-corrected chi connectivity index (χ4v) is 7.98. The molecule has 0 spiro atoms. The molecule has 1 aromatic heterocycles. The van der Waals surface area contributed by atoms with Gasteiger partial charge in [-0.1, -0.05) is 35.2 Å². The maximum atomic E-state index is 13.0. The van der Waals surface area contributed by atoms with Gasteiger partial charge >= 0.3 is 0 Å². The number of hydrogen-bond donors (Lipinski definition) is 2. The molecule has 4 saturated carbocycles. The Kier molecular flexibility index (Phi) is 6.69. The summed E-state index contributed by atoms with van der Waals surface area (Å²) in [5.74, 6) is 2.75. The highest BCUT2D eigenvalue weighted by molar-refractivity contribution is 8.00. The molecule has 2 aromatic rings. The topological polar surface area (TPSA) is 84.0 Å². The third-order valence-corrected chi connectivity index (χ3v) is 9.36. The van der Waals surface area contributed by atoms with Crippen LogP contribution in [0.3, 0.4) is 0 Å². The van der Waals surface area contributed by atoms with Crippen molar-refractivity contribution in [3.05, 3.63) is 35.6 Å². The molecule has 33 heavy (non-hydrogen) atoms. The van der Waals surface area contributed by atoms with Crippen LogP contribution in [-0.4, -0.2) is 28.6 Å². The van der Waals surface area contributed by atoms with Gasteiger partial charge < -0.3 is 10.6 Å². The number of nitrogens with one attached hydrogen (secondary N) is 2. The minimum absolute atomic E-state index is 0.120. The third kappa shape index (κ3) is 5.40. The summed E-state index contributed by atoms with van der Waals surface area (Å²) in [6.45, 7) is 0.531. The Labute approximate surface area is 201 Å². The van der Waals surface area contributed by atoms with E-state index in [9.17, 15) is 14.0 Å². The molecule has 1 heterocycles. The molecule has 6 rings (SSSR count). The summed E-state index contributed by atoms with van der Waals surface area (Å²) >= 11 is 2.82. The third-order valence-electron chi connectivity index (χ3n) is 7.31. The monoisotopic (exact) mass is 488 g/mol. The van der Waals surface area contributed by atoms with Crippen molar-refractivity contribution in [3.8, 4) is 0 Å². The zero-order valence-corrected chi connectivity index (χ0v) is 20.2. The van der Waals surface area contributed by atoms with Crippen LogP contribution < -0.4 is 10.6 Å². The first-order chi connectivity index (χ1) is 16.0. The van der Waals surface area contributed by atoms with E-state index in [1.807, 2.05) is 0 Å². The lowest BCUT2D eigenvalue weighted by molar-refractivity contribution is -0.146. The average molecular weight is 489 g/mol. The molecule has 4 fully saturated rings. The van der Waals surface area contributed by atoms with Gasteiger partial charge in [-0.05, 0) is 80.4 Å². The van der Waals surface area contributed by atoms with Crippen LogP contribution in [0, 0.1) is 29.0 Å². The van der Waals surface area contributed by atoms with Crippen molar-refractivity contribution in [2.75, 3.05) is 11.9 Å². The minimum Gasteiger partial charge on any atom is -0.356 e. The second kappa shape index (κ2) is 9.70. The van der Waals surface area contributed by atoms with Gasteiger partial charge in [0.1, 0.15) is 5.82 Å². The number of halogens is 1. The fourth-order valence-electron chi connectivity index (χ4n) is 6.25. The summed E-state index contributed by atoms with van der Waals surface area (Å²) < 4.78 is 13.7. The molecule has 0 radical (unpaired) electrons. The SMILES string of the molecule is O=C(CCCNC(=O)C12CC3CC(CC(C3)C1)C2)Nc1nnc(SCc2ccc(F)cc2)s1. The number of carbonyl (C=O) groups excluding carboxylic acids is 2. The molecule has 0 aliphatic heterocycles. The van der Waals surface area contributed by atoms with Crippen molar-refractivity contribution in [2.24, 2.45) is 23.2 Å². The van der Waals surface area contributed by atoms with Crippen molar-refractivity contribution in [1.82, 2.24) is 15.5 Å². The van der Waals surface area contributed by atoms with Gasteiger partial charge in [-0.15, -0.1) is 10.2 Å². The van der Waals surface area contributed by atoms with Crippen molar-refractivity contribution >= 4 is 40.0 Å². The maximum absolute atomic E-state index is 13.0. The Morgan fingerprint density at radius 1 is 1.06 bits per heavy atom. The van der Waals surface area contributed by atoms with Crippen LogP contribution in [0.15, 0.2) is 28.6 Å². The second-order valence-corrected chi connectivity index (χ2v) is 12.1. The number of hydrogen-bond acceptors (Lipinski definition) is 6. The zero-order chi connectivity index (χ0) is 22.8. The lowest BCUT2D eigenvalue weighted by Crippen LogP contribution is -2.53. The van der Waals surface area contributed by atoms with Crippen LogP contribution in [0.25, 0.3) is 0 Å². The van der Waals surface area contributed by atoms with Gasteiger partial charge in [-0.2, -0.15) is 0 Å². The van der Waals surface area contributed by atoms with Gasteiger partial charge in [0.25, 0.3) is 0 Å². The van der Waals surface area contributed by atoms with Crippen LogP contribution in [0.5, 0.6) is 0 Å². The molecule has 4 aliphatic rings. The van der Waals surface area contributed by atoms with Crippen LogP contribution in [-0.2, 0) is 15.3 Å². The number of amides is 2. The van der Waals surface area contributed by atoms with E-state index in [0.717, 1.165) is 46.9 Å². The molecular weight excluding hydrogens is 459 g/mol. The Morgan fingerprint density at radius 3 is 2.39 bits per heavy atom. The summed E-state index contributed by atoms with van der Waals surface area (Å²) in [5.41, 5.74) is 0.865. The minimum atomic E-state index is -0.253. The first-order valence-corrected chi connectivity index (χ1v) is 13.6. The summed E-state index contributed by atoms with van der Waals surface area (Å²) in [6, 6.07) is 6.36. The number of aromatic nitrogens is 2. The van der Waals surface area contributed by atoms with Crippen LogP contribution >= 0.6 is 23.1 Å². The van der Waals surface area contributed by atoms with Gasteiger partial charge in [-0.25, -0.2) is 4.39 Å². The lowest BCUT2D eigenvalue weighted by Gasteiger charge is -2.55. The molecule has 2 amide bonds. The van der Waals surface area contributed by atoms with E-state index in [2.05, 4.69) is 20.8 Å². The normalized spacial score (nSPS) is 27.5. The molecule has 1 aromatic carbocycles. The predicted molar refractivity (Wildman–Crippen MR) is 127 cm³/mol. The lowest BCUT2D eigenvalue weighted by atomic mass is 9.49. The van der Waals surface area contributed by atoms with Crippen molar-refractivity contribution in [3.63, 3.8) is 0 Å². The number of anilines is 1. The molecule has 0 saturated heterocycles. The van der Waals surface area contributed by atoms with Crippen molar-refractivity contribution in [1.29, 1.82) is 0 Å². The first-order valence-electron chi connectivity index (χ1n) is 11.8. The van der Waals surface area contributed by atoms with Crippen LogP contribution in [0.4, 0.5) is 9.52 Å². The van der Waals surface area contributed by atoms with Crippen LogP contribution in [0.1, 0.15) is 56.9 Å². The molecule has 0 atom stereocenters. The summed E-state index contributed by atoms with van der Waals surface area (Å²) in [6.07, 6.45) is 8.09. The van der Waals surface area contributed by atoms with Gasteiger partial charge in [0.05, 0.1) is 0 Å². The Hall–Kier alpha value is -2.00. The van der Waals surface area contributed by atoms with Gasteiger partial charge in [0, 0.05) is 24.1 Å². The highest BCUT2D eigenvalue weighted by Crippen LogP contribution is 2.60. The first kappa shape index (κ1) is 22.8. The Balaban J connectivity index is 1.01. The van der Waals surface area contributed by atoms with Crippen LogP contribution in [0.2, 0.25) is 0 Å². The van der Waals surface area contributed by atoms with E-state index in [4.69, 9.17) is 0 Å². The number of carbonyl (C=O) groups is 2. The summed E-state index contributed by atoms with van der Waals surface area (Å²) in [7, 11) is 0.